The van der Waals surface area contributed by atoms with Crippen molar-refractivity contribution < 1.29 is 19.5 Å². The molecule has 166 valence electrons. The third kappa shape index (κ3) is 2.61. The Labute approximate surface area is 196 Å². The number of aromatic amines is 1. The second-order valence-electron chi connectivity index (χ2n) is 9.07. The number of rotatable bonds is 3. The number of aliphatic carboxylic acids is 1. The average Bonchev–Trinajstić information content (AvgIpc) is 3.47. The predicted molar refractivity (Wildman–Crippen MR) is 119 cm³/mol. The van der Waals surface area contributed by atoms with Crippen molar-refractivity contribution in [2.45, 2.75) is 35.6 Å². The van der Waals surface area contributed by atoms with E-state index in [1.54, 1.807) is 11.8 Å². The molecule has 4 aliphatic rings. The number of thiazole rings is 1. The van der Waals surface area contributed by atoms with Crippen LogP contribution in [0.25, 0.3) is 0 Å². The number of carbonyl (C=O) groups excluding carboxylic acids is 2. The first-order valence-corrected chi connectivity index (χ1v) is 12.6. The van der Waals surface area contributed by atoms with Gasteiger partial charge in [-0.3, -0.25) is 19.3 Å². The number of carboxylic acid groups (broad SMARTS) is 1. The minimum Gasteiger partial charge on any atom is -0.480 e. The van der Waals surface area contributed by atoms with Crippen molar-refractivity contribution in [3.05, 3.63) is 49.4 Å². The van der Waals surface area contributed by atoms with E-state index in [-0.39, 0.29) is 45.6 Å². The Kier molecular flexibility index (Phi) is 4.45. The number of aromatic nitrogens is 1. The number of carbonyl (C=O) groups is 3. The van der Waals surface area contributed by atoms with Gasteiger partial charge in [0.05, 0.1) is 16.9 Å². The Hall–Kier alpha value is -2.10. The first-order valence-electron chi connectivity index (χ1n) is 10.5. The van der Waals surface area contributed by atoms with Crippen LogP contribution in [0.2, 0.25) is 5.02 Å². The fourth-order valence-corrected chi connectivity index (χ4v) is 9.59. The number of benzene rings is 1. The van der Waals surface area contributed by atoms with Gasteiger partial charge in [0.1, 0.15) is 6.04 Å². The van der Waals surface area contributed by atoms with Gasteiger partial charge in [0, 0.05) is 21.1 Å². The molecule has 6 rings (SSSR count). The summed E-state index contributed by atoms with van der Waals surface area (Å²) in [6.07, 6.45) is 0.772. The highest BCUT2D eigenvalue weighted by Gasteiger charge is 2.70. The van der Waals surface area contributed by atoms with Crippen molar-refractivity contribution in [2.75, 3.05) is 0 Å². The van der Waals surface area contributed by atoms with Crippen molar-refractivity contribution in [3.63, 3.8) is 0 Å². The molecule has 2 bridgehead atoms. The van der Waals surface area contributed by atoms with Crippen molar-refractivity contribution in [3.8, 4) is 0 Å². The molecule has 7 nitrogen and oxygen atoms in total. The van der Waals surface area contributed by atoms with Crippen molar-refractivity contribution >= 4 is 52.5 Å². The number of hydrogen-bond donors (Lipinski definition) is 2. The van der Waals surface area contributed by atoms with Gasteiger partial charge in [0.25, 0.3) is 0 Å². The van der Waals surface area contributed by atoms with Crippen LogP contribution in [-0.2, 0) is 14.4 Å². The van der Waals surface area contributed by atoms with Crippen LogP contribution in [0.5, 0.6) is 0 Å². The SMILES string of the molecule is C[C@H](C(=O)O)N1C(=O)[C@@H]2[C@@H]3C[C@@H]([C@H]4Sc5[nH]c(=O)sc5[C@H](c5ccc(Cl)cc5)[C@H]34)[C@@H]2C1=O. The molecule has 2 aromatic rings. The standard InChI is InChI=1S/C22H19ClN2O5S2/c1-7(21(28)29)25-19(26)14-10-6-11(15(14)20(25)27)16-13(10)12(8-2-4-9(23)5-3-8)17-18(31-16)24-22(30)32-17/h2-5,7,10-16H,6H2,1H3,(H,24,30)(H,28,29)/t7-,10-,11-,12-,13+,14-,15+,16-/m1/s1. The fourth-order valence-electron chi connectivity index (χ4n) is 6.58. The lowest BCUT2D eigenvalue weighted by atomic mass is 9.68. The summed E-state index contributed by atoms with van der Waals surface area (Å²) in [5.74, 6) is -2.87. The number of likely N-dealkylation sites (tertiary alicyclic amines) is 1. The van der Waals surface area contributed by atoms with Gasteiger partial charge in [0.15, 0.2) is 0 Å². The maximum absolute atomic E-state index is 13.3. The van der Waals surface area contributed by atoms with Gasteiger partial charge in [-0.25, -0.2) is 4.79 Å². The van der Waals surface area contributed by atoms with Crippen LogP contribution < -0.4 is 4.87 Å². The van der Waals surface area contributed by atoms with E-state index in [1.807, 2.05) is 24.3 Å². The van der Waals surface area contributed by atoms with Crippen molar-refractivity contribution in [1.29, 1.82) is 0 Å². The van der Waals surface area contributed by atoms with Crippen LogP contribution in [0, 0.1) is 29.6 Å². The molecule has 0 spiro atoms. The highest BCUT2D eigenvalue weighted by Crippen LogP contribution is 2.68. The fraction of sp³-hybridized carbons (Fsp3) is 0.455. The monoisotopic (exact) mass is 490 g/mol. The summed E-state index contributed by atoms with van der Waals surface area (Å²) in [6.45, 7) is 1.39. The molecule has 10 heteroatoms. The van der Waals surface area contributed by atoms with Gasteiger partial charge < -0.3 is 10.1 Å². The summed E-state index contributed by atoms with van der Waals surface area (Å²) in [7, 11) is 0. The Morgan fingerprint density at radius 1 is 1.16 bits per heavy atom. The van der Waals surface area contributed by atoms with E-state index in [0.29, 0.717) is 5.02 Å². The predicted octanol–water partition coefficient (Wildman–Crippen LogP) is 3.04. The maximum atomic E-state index is 13.3. The highest BCUT2D eigenvalue weighted by molar-refractivity contribution is 8.00. The molecule has 0 radical (unpaired) electrons. The summed E-state index contributed by atoms with van der Waals surface area (Å²) in [6, 6.07) is 6.44. The molecular formula is C22H19ClN2O5S2. The zero-order chi connectivity index (χ0) is 22.5. The first-order chi connectivity index (χ1) is 15.3. The third-order valence-electron chi connectivity index (χ3n) is 7.73. The molecule has 3 heterocycles. The lowest BCUT2D eigenvalue weighted by Crippen LogP contribution is -2.44. The van der Waals surface area contributed by atoms with Crippen LogP contribution in [0.4, 0.5) is 0 Å². The summed E-state index contributed by atoms with van der Waals surface area (Å²) >= 11 is 8.93. The van der Waals surface area contributed by atoms with Crippen molar-refractivity contribution in [1.82, 2.24) is 9.88 Å². The van der Waals surface area contributed by atoms with E-state index in [2.05, 4.69) is 4.98 Å². The minimum absolute atomic E-state index is 0.0196. The van der Waals surface area contributed by atoms with Gasteiger partial charge in [0.2, 0.25) is 11.8 Å². The molecular weight excluding hydrogens is 472 g/mol. The molecule has 3 fully saturated rings. The second kappa shape index (κ2) is 6.95. The largest absolute Gasteiger partial charge is 0.480 e. The number of fused-ring (bicyclic) bond motifs is 9. The highest BCUT2D eigenvalue weighted by atomic mass is 35.5. The van der Waals surface area contributed by atoms with Gasteiger partial charge in [-0.2, -0.15) is 0 Å². The normalized spacial score (nSPS) is 35.6. The molecule has 2 N–H and O–H groups in total. The van der Waals surface area contributed by atoms with E-state index in [4.69, 9.17) is 11.6 Å². The summed E-state index contributed by atoms with van der Waals surface area (Å²) < 4.78 is 0. The zero-order valence-corrected chi connectivity index (χ0v) is 19.2. The summed E-state index contributed by atoms with van der Waals surface area (Å²) in [5.41, 5.74) is 1.04. The Morgan fingerprint density at radius 3 is 2.47 bits per heavy atom. The zero-order valence-electron chi connectivity index (χ0n) is 16.9. The van der Waals surface area contributed by atoms with Gasteiger partial charge >= 0.3 is 10.8 Å². The smallest absolute Gasteiger partial charge is 0.326 e. The van der Waals surface area contributed by atoms with E-state index in [0.717, 1.165) is 26.8 Å². The molecule has 0 unspecified atom stereocenters. The average molecular weight is 491 g/mol. The topological polar surface area (TPSA) is 108 Å². The number of thioether (sulfide) groups is 1. The number of nitrogens with one attached hydrogen (secondary N) is 1. The number of hydrogen-bond acceptors (Lipinski definition) is 6. The van der Waals surface area contributed by atoms with Gasteiger partial charge in [-0.05, 0) is 48.8 Å². The third-order valence-corrected chi connectivity index (χ3v) is 10.6. The van der Waals surface area contributed by atoms with Gasteiger partial charge in [-0.1, -0.05) is 35.1 Å². The molecule has 2 saturated carbocycles. The number of nitrogens with zero attached hydrogens (tertiary/aromatic N) is 1. The van der Waals surface area contributed by atoms with Crippen LogP contribution in [0.15, 0.2) is 34.1 Å². The molecule has 2 aliphatic heterocycles. The Bertz CT molecular complexity index is 1220. The molecule has 8 atom stereocenters. The Morgan fingerprint density at radius 2 is 1.81 bits per heavy atom. The lowest BCUT2D eigenvalue weighted by Gasteiger charge is -2.43. The molecule has 32 heavy (non-hydrogen) atoms. The second-order valence-corrected chi connectivity index (χ2v) is 11.7. The number of H-pyrrole nitrogens is 1. The number of halogens is 1. The first kappa shape index (κ1) is 20.5. The van der Waals surface area contributed by atoms with E-state index in [1.165, 1.54) is 18.3 Å². The Balaban J connectivity index is 1.45. The molecule has 2 amide bonds. The van der Waals surface area contributed by atoms with E-state index >= 15 is 0 Å². The molecule has 1 saturated heterocycles. The van der Waals surface area contributed by atoms with Crippen LogP contribution in [-0.4, -0.2) is 44.1 Å². The number of imide groups is 1. The molecule has 1 aromatic heterocycles. The van der Waals surface area contributed by atoms with Crippen LogP contribution in [0.3, 0.4) is 0 Å². The number of carboxylic acids is 1. The minimum atomic E-state index is -1.18. The lowest BCUT2D eigenvalue weighted by molar-refractivity contribution is -0.154. The molecule has 2 aliphatic carbocycles. The van der Waals surface area contributed by atoms with E-state index in [9.17, 15) is 24.3 Å². The summed E-state index contributed by atoms with van der Waals surface area (Å²) in [4.78, 5) is 55.1. The van der Waals surface area contributed by atoms with E-state index < -0.39 is 23.8 Å². The summed E-state index contributed by atoms with van der Waals surface area (Å²) in [5, 5.41) is 11.0. The van der Waals surface area contributed by atoms with Crippen LogP contribution in [0.1, 0.15) is 29.7 Å². The van der Waals surface area contributed by atoms with Crippen LogP contribution >= 0.6 is 34.7 Å². The van der Waals surface area contributed by atoms with Crippen molar-refractivity contribution in [2.24, 2.45) is 29.6 Å². The van der Waals surface area contributed by atoms with Gasteiger partial charge in [-0.15, -0.1) is 11.8 Å². The quantitative estimate of drug-likeness (QED) is 0.640. The molecule has 1 aromatic carbocycles. The maximum Gasteiger partial charge on any atom is 0.326 e. The number of amides is 2.